The summed E-state index contributed by atoms with van der Waals surface area (Å²) in [5.41, 5.74) is 1.70. The lowest BCUT2D eigenvalue weighted by atomic mass is 9.96. The van der Waals surface area contributed by atoms with Gasteiger partial charge in [0.1, 0.15) is 11.5 Å². The van der Waals surface area contributed by atoms with Crippen molar-refractivity contribution in [3.63, 3.8) is 0 Å². The van der Waals surface area contributed by atoms with Crippen molar-refractivity contribution in [1.29, 1.82) is 0 Å². The molecule has 0 radical (unpaired) electrons. The Kier molecular flexibility index (Phi) is 8.37. The van der Waals surface area contributed by atoms with Gasteiger partial charge in [0.2, 0.25) is 0 Å². The van der Waals surface area contributed by atoms with E-state index in [9.17, 15) is 10.2 Å². The highest BCUT2D eigenvalue weighted by Gasteiger charge is 2.13. The number of aromatic hydroxyl groups is 1. The fourth-order valence-electron chi connectivity index (χ4n) is 2.05. The van der Waals surface area contributed by atoms with Crippen LogP contribution in [0.1, 0.15) is 39.2 Å². The SMILES string of the molecule is C=C(CC(O)CNCC)O/N=C(/c1ccc(O)cc1)C(C)CC. The first-order valence-electron chi connectivity index (χ1n) is 8.08. The van der Waals surface area contributed by atoms with Gasteiger partial charge in [0.05, 0.1) is 11.8 Å². The maximum absolute atomic E-state index is 9.84. The van der Waals surface area contributed by atoms with E-state index in [1.807, 2.05) is 19.1 Å². The van der Waals surface area contributed by atoms with Crippen molar-refractivity contribution < 1.29 is 15.1 Å². The number of hydrogen-bond donors (Lipinski definition) is 3. The van der Waals surface area contributed by atoms with Gasteiger partial charge in [0.25, 0.3) is 0 Å². The van der Waals surface area contributed by atoms with Crippen LogP contribution in [0.3, 0.4) is 0 Å². The number of oxime groups is 1. The molecule has 1 aromatic carbocycles. The van der Waals surface area contributed by atoms with E-state index in [1.165, 1.54) is 0 Å². The zero-order chi connectivity index (χ0) is 17.2. The van der Waals surface area contributed by atoms with Gasteiger partial charge in [-0.1, -0.05) is 32.5 Å². The highest BCUT2D eigenvalue weighted by Crippen LogP contribution is 2.18. The van der Waals surface area contributed by atoms with E-state index < -0.39 is 6.10 Å². The summed E-state index contributed by atoms with van der Waals surface area (Å²) in [4.78, 5) is 5.41. The number of phenolic OH excluding ortho intramolecular Hbond substituents is 1. The summed E-state index contributed by atoms with van der Waals surface area (Å²) < 4.78 is 0. The summed E-state index contributed by atoms with van der Waals surface area (Å²) in [6, 6.07) is 6.88. The highest BCUT2D eigenvalue weighted by molar-refractivity contribution is 6.01. The molecule has 1 rings (SSSR count). The lowest BCUT2D eigenvalue weighted by molar-refractivity contribution is 0.133. The molecule has 0 saturated heterocycles. The normalized spacial score (nSPS) is 14.3. The number of phenols is 1. The van der Waals surface area contributed by atoms with E-state index in [0.29, 0.717) is 18.7 Å². The Morgan fingerprint density at radius 1 is 1.30 bits per heavy atom. The number of aliphatic hydroxyl groups excluding tert-OH is 1. The van der Waals surface area contributed by atoms with Gasteiger partial charge in [0, 0.05) is 18.9 Å². The lowest BCUT2D eigenvalue weighted by Crippen LogP contribution is -2.26. The zero-order valence-corrected chi connectivity index (χ0v) is 14.2. The van der Waals surface area contributed by atoms with Gasteiger partial charge in [-0.2, -0.15) is 0 Å². The molecular formula is C18H28N2O3. The highest BCUT2D eigenvalue weighted by atomic mass is 16.6. The molecule has 0 aliphatic heterocycles. The predicted molar refractivity (Wildman–Crippen MR) is 93.5 cm³/mol. The fraction of sp³-hybridized carbons (Fsp3) is 0.500. The second-order valence-corrected chi connectivity index (χ2v) is 5.63. The standard InChI is InChI=1S/C18H28N2O3/c1-5-13(3)18(15-7-9-16(21)10-8-15)20-23-14(4)11-17(22)12-19-6-2/h7-10,13,17,19,21-22H,4-6,11-12H2,1-3H3/b20-18+. The van der Waals surface area contributed by atoms with E-state index in [2.05, 4.69) is 30.9 Å². The van der Waals surface area contributed by atoms with Crippen LogP contribution in [0.4, 0.5) is 0 Å². The van der Waals surface area contributed by atoms with Crippen LogP contribution in [-0.2, 0) is 4.84 Å². The predicted octanol–water partition coefficient (Wildman–Crippen LogP) is 3.03. The molecule has 0 aliphatic carbocycles. The molecule has 5 heteroatoms. The summed E-state index contributed by atoms with van der Waals surface area (Å²) in [6.07, 6.45) is 0.705. The summed E-state index contributed by atoms with van der Waals surface area (Å²) >= 11 is 0. The number of aliphatic hydroxyl groups is 1. The van der Waals surface area contributed by atoms with Crippen molar-refractivity contribution in [2.75, 3.05) is 13.1 Å². The van der Waals surface area contributed by atoms with Crippen LogP contribution in [0.25, 0.3) is 0 Å². The second kappa shape index (κ2) is 10.0. The van der Waals surface area contributed by atoms with Gasteiger partial charge in [-0.05, 0) is 42.8 Å². The van der Waals surface area contributed by atoms with Gasteiger partial charge in [-0.25, -0.2) is 0 Å². The number of hydrogen-bond acceptors (Lipinski definition) is 5. The molecule has 3 N–H and O–H groups in total. The van der Waals surface area contributed by atoms with Gasteiger partial charge in [-0.15, -0.1) is 0 Å². The van der Waals surface area contributed by atoms with Gasteiger partial charge in [0.15, 0.2) is 0 Å². The number of nitrogens with one attached hydrogen (secondary N) is 1. The van der Waals surface area contributed by atoms with Crippen LogP contribution in [0.2, 0.25) is 0 Å². The van der Waals surface area contributed by atoms with Crippen LogP contribution in [0, 0.1) is 5.92 Å². The molecule has 0 saturated carbocycles. The van der Waals surface area contributed by atoms with Crippen LogP contribution in [0.15, 0.2) is 41.8 Å². The topological polar surface area (TPSA) is 74.1 Å². The Hall–Kier alpha value is -1.85. The third-order valence-corrected chi connectivity index (χ3v) is 3.61. The van der Waals surface area contributed by atoms with Crippen molar-refractivity contribution in [3.05, 3.63) is 42.2 Å². The number of rotatable bonds is 10. The minimum Gasteiger partial charge on any atom is -0.508 e. The molecule has 23 heavy (non-hydrogen) atoms. The Morgan fingerprint density at radius 3 is 2.52 bits per heavy atom. The molecule has 0 amide bonds. The molecule has 0 spiro atoms. The molecular weight excluding hydrogens is 292 g/mol. The smallest absolute Gasteiger partial charge is 0.130 e. The first kappa shape index (κ1) is 19.2. The molecule has 5 nitrogen and oxygen atoms in total. The number of benzene rings is 1. The number of likely N-dealkylation sites (N-methyl/N-ethyl adjacent to an activating group) is 1. The first-order valence-corrected chi connectivity index (χ1v) is 8.08. The summed E-state index contributed by atoms with van der Waals surface area (Å²) in [5, 5.41) is 26.5. The van der Waals surface area contributed by atoms with E-state index >= 15 is 0 Å². The molecule has 0 aliphatic rings. The maximum Gasteiger partial charge on any atom is 0.130 e. The largest absolute Gasteiger partial charge is 0.508 e. The molecule has 2 atom stereocenters. The Labute approximate surface area is 138 Å². The van der Waals surface area contributed by atoms with Crippen molar-refractivity contribution >= 4 is 5.71 Å². The van der Waals surface area contributed by atoms with Gasteiger partial charge < -0.3 is 20.4 Å². The average molecular weight is 320 g/mol. The molecule has 128 valence electrons. The van der Waals surface area contributed by atoms with E-state index in [-0.39, 0.29) is 11.7 Å². The van der Waals surface area contributed by atoms with E-state index in [0.717, 1.165) is 24.2 Å². The van der Waals surface area contributed by atoms with Crippen molar-refractivity contribution in [3.8, 4) is 5.75 Å². The monoisotopic (exact) mass is 320 g/mol. The Morgan fingerprint density at radius 2 is 1.96 bits per heavy atom. The molecule has 0 heterocycles. The van der Waals surface area contributed by atoms with Crippen molar-refractivity contribution in [1.82, 2.24) is 5.32 Å². The second-order valence-electron chi connectivity index (χ2n) is 5.63. The molecule has 1 aromatic rings. The lowest BCUT2D eigenvalue weighted by Gasteiger charge is -2.15. The van der Waals surface area contributed by atoms with Crippen LogP contribution in [-0.4, -0.2) is 35.1 Å². The van der Waals surface area contributed by atoms with E-state index in [4.69, 9.17) is 4.84 Å². The van der Waals surface area contributed by atoms with Crippen LogP contribution < -0.4 is 5.32 Å². The zero-order valence-electron chi connectivity index (χ0n) is 14.2. The fourth-order valence-corrected chi connectivity index (χ4v) is 2.05. The summed E-state index contributed by atoms with van der Waals surface area (Å²) in [5.74, 6) is 0.850. The van der Waals surface area contributed by atoms with E-state index in [1.54, 1.807) is 12.1 Å². The minimum absolute atomic E-state index is 0.207. The average Bonchev–Trinajstić information content (AvgIpc) is 2.54. The first-order chi connectivity index (χ1) is 11.0. The molecule has 0 fully saturated rings. The maximum atomic E-state index is 9.84. The summed E-state index contributed by atoms with van der Waals surface area (Å²) in [7, 11) is 0. The quantitative estimate of drug-likeness (QED) is 0.352. The molecule has 0 bridgehead atoms. The third-order valence-electron chi connectivity index (χ3n) is 3.61. The van der Waals surface area contributed by atoms with Crippen molar-refractivity contribution in [2.45, 2.75) is 39.7 Å². The van der Waals surface area contributed by atoms with Gasteiger partial charge >= 0.3 is 0 Å². The molecule has 0 aromatic heterocycles. The number of nitrogens with zero attached hydrogens (tertiary/aromatic N) is 1. The Balaban J connectivity index is 2.73. The molecule has 2 unspecified atom stereocenters. The third kappa shape index (κ3) is 6.84. The minimum atomic E-state index is -0.543. The Bertz CT molecular complexity index is 512. The van der Waals surface area contributed by atoms with Gasteiger partial charge in [-0.3, -0.25) is 0 Å². The van der Waals surface area contributed by atoms with Crippen LogP contribution >= 0.6 is 0 Å². The summed E-state index contributed by atoms with van der Waals surface area (Å²) in [6.45, 7) is 11.2. The van der Waals surface area contributed by atoms with Crippen LogP contribution in [0.5, 0.6) is 5.75 Å². The van der Waals surface area contributed by atoms with Crippen molar-refractivity contribution in [2.24, 2.45) is 11.1 Å².